The van der Waals surface area contributed by atoms with Gasteiger partial charge in [0.25, 0.3) is 11.8 Å². The summed E-state index contributed by atoms with van der Waals surface area (Å²) in [5.41, 5.74) is 2.37. The summed E-state index contributed by atoms with van der Waals surface area (Å²) in [4.78, 5) is 25.1. The maximum atomic E-state index is 12.5. The van der Waals surface area contributed by atoms with Crippen LogP contribution in [-0.2, 0) is 0 Å². The fourth-order valence-corrected chi connectivity index (χ4v) is 3.49. The number of rotatable bonds is 10. The summed E-state index contributed by atoms with van der Waals surface area (Å²) in [5.74, 6) is 2.21. The molecule has 2 N–H and O–H groups in total. The molecule has 0 heterocycles. The predicted molar refractivity (Wildman–Crippen MR) is 144 cm³/mol. The Labute approximate surface area is 216 Å². The highest BCUT2D eigenvalue weighted by atomic mass is 16.5. The van der Waals surface area contributed by atoms with Gasteiger partial charge in [-0.15, -0.1) is 0 Å². The van der Waals surface area contributed by atoms with Crippen LogP contribution >= 0.6 is 0 Å². The second kappa shape index (κ2) is 12.3. The number of hydrogen-bond donors (Lipinski definition) is 2. The van der Waals surface area contributed by atoms with Crippen LogP contribution in [0.25, 0.3) is 0 Å². The third-order valence-electron chi connectivity index (χ3n) is 5.32. The molecular weight excluding hydrogens is 468 g/mol. The molecule has 4 aromatic rings. The molecule has 0 aliphatic carbocycles. The van der Waals surface area contributed by atoms with Gasteiger partial charge in [-0.1, -0.05) is 0 Å². The van der Waals surface area contributed by atoms with Crippen LogP contribution in [0.15, 0.2) is 97.1 Å². The zero-order chi connectivity index (χ0) is 26.0. The van der Waals surface area contributed by atoms with E-state index in [2.05, 4.69) is 10.6 Å². The third-order valence-corrected chi connectivity index (χ3v) is 5.32. The van der Waals surface area contributed by atoms with E-state index in [4.69, 9.17) is 14.2 Å². The van der Waals surface area contributed by atoms with Crippen molar-refractivity contribution < 1.29 is 23.8 Å². The molecule has 0 saturated carbocycles. The molecule has 4 aromatic carbocycles. The van der Waals surface area contributed by atoms with E-state index in [9.17, 15) is 9.59 Å². The van der Waals surface area contributed by atoms with Gasteiger partial charge >= 0.3 is 0 Å². The highest BCUT2D eigenvalue weighted by molar-refractivity contribution is 6.05. The molecule has 0 bridgehead atoms. The van der Waals surface area contributed by atoms with Gasteiger partial charge in [0.1, 0.15) is 23.0 Å². The van der Waals surface area contributed by atoms with Gasteiger partial charge < -0.3 is 24.8 Å². The van der Waals surface area contributed by atoms with Gasteiger partial charge in [0.05, 0.1) is 13.2 Å². The van der Waals surface area contributed by atoms with Gasteiger partial charge in [0.15, 0.2) is 0 Å². The van der Waals surface area contributed by atoms with Crippen molar-refractivity contribution in [3.8, 4) is 23.0 Å². The molecule has 0 atom stereocenters. The second-order valence-electron chi connectivity index (χ2n) is 7.97. The maximum Gasteiger partial charge on any atom is 0.255 e. The molecule has 7 heteroatoms. The topological polar surface area (TPSA) is 85.9 Å². The summed E-state index contributed by atoms with van der Waals surface area (Å²) >= 11 is 0. The SMILES string of the molecule is CCOc1ccc(NC(=O)c2ccc(Oc3ccc(C(=O)Nc4ccc(OCC)cc4)cc3)cc2)cc1. The van der Waals surface area contributed by atoms with Gasteiger partial charge in [-0.3, -0.25) is 9.59 Å². The molecular formula is C30H28N2O5. The Kier molecular flexibility index (Phi) is 8.39. The first-order valence-corrected chi connectivity index (χ1v) is 12.0. The first-order chi connectivity index (χ1) is 18.0. The number of hydrogen-bond acceptors (Lipinski definition) is 5. The van der Waals surface area contributed by atoms with E-state index in [0.717, 1.165) is 11.5 Å². The van der Waals surface area contributed by atoms with Crippen molar-refractivity contribution in [2.24, 2.45) is 0 Å². The lowest BCUT2D eigenvalue weighted by atomic mass is 10.2. The quantitative estimate of drug-likeness (QED) is 0.253. The molecule has 0 aliphatic heterocycles. The average Bonchev–Trinajstić information content (AvgIpc) is 2.92. The Morgan fingerprint density at radius 1 is 0.514 bits per heavy atom. The average molecular weight is 497 g/mol. The van der Waals surface area contributed by atoms with Crippen LogP contribution in [0.1, 0.15) is 34.6 Å². The van der Waals surface area contributed by atoms with Crippen LogP contribution < -0.4 is 24.8 Å². The summed E-state index contributed by atoms with van der Waals surface area (Å²) in [7, 11) is 0. The number of nitrogens with one attached hydrogen (secondary N) is 2. The van der Waals surface area contributed by atoms with Crippen molar-refractivity contribution >= 4 is 23.2 Å². The second-order valence-corrected chi connectivity index (χ2v) is 7.97. The summed E-state index contributed by atoms with van der Waals surface area (Å²) in [6, 6.07) is 28.1. The molecule has 0 aromatic heterocycles. The minimum Gasteiger partial charge on any atom is -0.494 e. The van der Waals surface area contributed by atoms with Crippen molar-refractivity contribution in [3.05, 3.63) is 108 Å². The highest BCUT2D eigenvalue weighted by Crippen LogP contribution is 2.24. The molecule has 7 nitrogen and oxygen atoms in total. The lowest BCUT2D eigenvalue weighted by Crippen LogP contribution is -2.11. The van der Waals surface area contributed by atoms with Crippen LogP contribution in [0.4, 0.5) is 11.4 Å². The van der Waals surface area contributed by atoms with Gasteiger partial charge in [-0.05, 0) is 111 Å². The van der Waals surface area contributed by atoms with E-state index < -0.39 is 0 Å². The van der Waals surface area contributed by atoms with Crippen LogP contribution in [0.2, 0.25) is 0 Å². The molecule has 0 spiro atoms. The number of carbonyl (C=O) groups excluding carboxylic acids is 2. The Hall–Kier alpha value is -4.78. The minimum absolute atomic E-state index is 0.224. The first kappa shape index (κ1) is 25.3. The summed E-state index contributed by atoms with van der Waals surface area (Å²) in [5, 5.41) is 5.72. The fourth-order valence-electron chi connectivity index (χ4n) is 3.49. The molecule has 188 valence electrons. The number of ether oxygens (including phenoxy) is 3. The van der Waals surface area contributed by atoms with Crippen LogP contribution in [0.5, 0.6) is 23.0 Å². The van der Waals surface area contributed by atoms with E-state index in [1.54, 1.807) is 72.8 Å². The highest BCUT2D eigenvalue weighted by Gasteiger charge is 2.09. The fraction of sp³-hybridized carbons (Fsp3) is 0.133. The van der Waals surface area contributed by atoms with Crippen molar-refractivity contribution in [2.45, 2.75) is 13.8 Å². The van der Waals surface area contributed by atoms with Crippen molar-refractivity contribution in [1.29, 1.82) is 0 Å². The smallest absolute Gasteiger partial charge is 0.255 e. The van der Waals surface area contributed by atoms with Crippen LogP contribution in [0, 0.1) is 0 Å². The van der Waals surface area contributed by atoms with Gasteiger partial charge in [0, 0.05) is 22.5 Å². The van der Waals surface area contributed by atoms with Crippen LogP contribution in [0.3, 0.4) is 0 Å². The number of anilines is 2. The molecule has 2 amide bonds. The Morgan fingerprint density at radius 3 is 1.16 bits per heavy atom. The maximum absolute atomic E-state index is 12.5. The van der Waals surface area contributed by atoms with Gasteiger partial charge in [-0.25, -0.2) is 0 Å². The first-order valence-electron chi connectivity index (χ1n) is 12.0. The summed E-state index contributed by atoms with van der Waals surface area (Å²) < 4.78 is 16.7. The Bertz CT molecular complexity index is 1210. The molecule has 0 fully saturated rings. The van der Waals surface area contributed by atoms with E-state index in [1.165, 1.54) is 0 Å². The Balaban J connectivity index is 1.31. The molecule has 0 saturated heterocycles. The normalized spacial score (nSPS) is 10.3. The number of amides is 2. The van der Waals surface area contributed by atoms with Crippen molar-refractivity contribution in [1.82, 2.24) is 0 Å². The third kappa shape index (κ3) is 7.11. The molecule has 0 unspecified atom stereocenters. The predicted octanol–water partition coefficient (Wildman–Crippen LogP) is 6.78. The Morgan fingerprint density at radius 2 is 0.838 bits per heavy atom. The van der Waals surface area contributed by atoms with Crippen molar-refractivity contribution in [3.63, 3.8) is 0 Å². The zero-order valence-corrected chi connectivity index (χ0v) is 20.7. The monoisotopic (exact) mass is 496 g/mol. The van der Waals surface area contributed by atoms with E-state index in [1.807, 2.05) is 38.1 Å². The largest absolute Gasteiger partial charge is 0.494 e. The summed E-state index contributed by atoms with van der Waals surface area (Å²) in [6.45, 7) is 5.01. The van der Waals surface area contributed by atoms with Gasteiger partial charge in [0.2, 0.25) is 0 Å². The lowest BCUT2D eigenvalue weighted by Gasteiger charge is -2.10. The van der Waals surface area contributed by atoms with Crippen molar-refractivity contribution in [2.75, 3.05) is 23.8 Å². The van der Waals surface area contributed by atoms with Gasteiger partial charge in [-0.2, -0.15) is 0 Å². The zero-order valence-electron chi connectivity index (χ0n) is 20.7. The number of carbonyl (C=O) groups is 2. The molecule has 4 rings (SSSR count). The minimum atomic E-state index is -0.224. The number of benzene rings is 4. The standard InChI is InChI=1S/C30H28N2O5/c1-3-35-25-17-9-23(10-18-25)31-29(33)21-5-13-27(14-6-21)37-28-15-7-22(8-16-28)30(34)32-24-11-19-26(20-12-24)36-4-2/h5-20H,3-4H2,1-2H3,(H,31,33)(H,32,34). The van der Waals surface area contributed by atoms with Crippen LogP contribution in [-0.4, -0.2) is 25.0 Å². The molecule has 37 heavy (non-hydrogen) atoms. The van der Waals surface area contributed by atoms with E-state index in [0.29, 0.717) is 47.2 Å². The van der Waals surface area contributed by atoms with E-state index in [-0.39, 0.29) is 11.8 Å². The lowest BCUT2D eigenvalue weighted by molar-refractivity contribution is 0.101. The molecule has 0 radical (unpaired) electrons. The van der Waals surface area contributed by atoms with E-state index >= 15 is 0 Å². The molecule has 0 aliphatic rings. The summed E-state index contributed by atoms with van der Waals surface area (Å²) in [6.07, 6.45) is 0.